The molecule has 2 rings (SSSR count). The van der Waals surface area contributed by atoms with E-state index in [9.17, 15) is 13.0 Å². The van der Waals surface area contributed by atoms with Crippen LogP contribution in [0, 0.1) is 0 Å². The van der Waals surface area contributed by atoms with Crippen molar-refractivity contribution in [1.82, 2.24) is 0 Å². The monoisotopic (exact) mass is 470 g/mol. The molecular formula is C26H39KO3S. The van der Waals surface area contributed by atoms with E-state index in [0.717, 1.165) is 42.0 Å². The molecule has 0 radical (unpaired) electrons. The Kier molecular flexibility index (Phi) is 15.1. The molecule has 0 heterocycles. The molecule has 0 spiro atoms. The SMILES string of the molecule is CCCCCCCCc1cccc2ccc(S(=O)(=O)[O-])c(CCCCCCCC)c12.[K+]. The number of rotatable bonds is 15. The molecule has 0 saturated carbocycles. The van der Waals surface area contributed by atoms with E-state index in [1.54, 1.807) is 6.07 Å². The molecule has 2 aromatic rings. The summed E-state index contributed by atoms with van der Waals surface area (Å²) >= 11 is 0. The molecule has 0 saturated heterocycles. The van der Waals surface area contributed by atoms with Crippen LogP contribution < -0.4 is 51.4 Å². The van der Waals surface area contributed by atoms with Gasteiger partial charge in [0.15, 0.2) is 0 Å². The summed E-state index contributed by atoms with van der Waals surface area (Å²) in [7, 11) is -4.48. The van der Waals surface area contributed by atoms with Crippen LogP contribution in [0.15, 0.2) is 35.2 Å². The van der Waals surface area contributed by atoms with Gasteiger partial charge in [-0.15, -0.1) is 0 Å². The number of fused-ring (bicyclic) bond motifs is 1. The fourth-order valence-electron chi connectivity index (χ4n) is 4.38. The summed E-state index contributed by atoms with van der Waals surface area (Å²) in [5, 5.41) is 2.06. The van der Waals surface area contributed by atoms with Crippen LogP contribution in [0.4, 0.5) is 0 Å². The molecular weight excluding hydrogens is 431 g/mol. The summed E-state index contributed by atoms with van der Waals surface area (Å²) in [6.07, 6.45) is 15.8. The third kappa shape index (κ3) is 9.95. The van der Waals surface area contributed by atoms with Gasteiger partial charge >= 0.3 is 51.4 Å². The number of benzene rings is 2. The van der Waals surface area contributed by atoms with Crippen molar-refractivity contribution < 1.29 is 64.4 Å². The van der Waals surface area contributed by atoms with Crippen molar-refractivity contribution in [2.24, 2.45) is 0 Å². The van der Waals surface area contributed by atoms with Crippen molar-refractivity contribution in [3.05, 3.63) is 41.5 Å². The molecule has 0 N–H and O–H groups in total. The second-order valence-electron chi connectivity index (χ2n) is 8.55. The summed E-state index contributed by atoms with van der Waals surface area (Å²) in [4.78, 5) is -0.0149. The van der Waals surface area contributed by atoms with Gasteiger partial charge in [0.05, 0.1) is 4.90 Å². The minimum absolute atomic E-state index is 0. The zero-order valence-corrected chi connectivity index (χ0v) is 23.9. The summed E-state index contributed by atoms with van der Waals surface area (Å²) in [6, 6.07) is 9.52. The molecule has 0 amide bonds. The van der Waals surface area contributed by atoms with Gasteiger partial charge in [-0.25, -0.2) is 8.42 Å². The average molecular weight is 471 g/mol. The number of hydrogen-bond donors (Lipinski definition) is 0. The van der Waals surface area contributed by atoms with E-state index in [2.05, 4.69) is 26.0 Å². The third-order valence-electron chi connectivity index (χ3n) is 6.05. The van der Waals surface area contributed by atoms with Crippen LogP contribution in [0.1, 0.15) is 102 Å². The Balaban J connectivity index is 0.00000480. The molecule has 0 unspecified atom stereocenters. The Hall–Kier alpha value is 0.246. The van der Waals surface area contributed by atoms with E-state index < -0.39 is 10.1 Å². The third-order valence-corrected chi connectivity index (χ3v) is 6.97. The van der Waals surface area contributed by atoms with Gasteiger partial charge in [-0.05, 0) is 53.6 Å². The maximum Gasteiger partial charge on any atom is 1.00 e. The molecule has 3 nitrogen and oxygen atoms in total. The van der Waals surface area contributed by atoms with Gasteiger partial charge in [0.2, 0.25) is 0 Å². The second kappa shape index (κ2) is 16.0. The van der Waals surface area contributed by atoms with Crippen LogP contribution in [0.25, 0.3) is 10.8 Å². The largest absolute Gasteiger partial charge is 1.00 e. The first-order valence-electron chi connectivity index (χ1n) is 12.0. The quantitative estimate of drug-likeness (QED) is 0.218. The van der Waals surface area contributed by atoms with E-state index in [4.69, 9.17) is 0 Å². The number of aryl methyl sites for hydroxylation is 2. The minimum atomic E-state index is -4.48. The van der Waals surface area contributed by atoms with Crippen LogP contribution in [0.3, 0.4) is 0 Å². The summed E-state index contributed by atoms with van der Waals surface area (Å²) in [5.41, 5.74) is 1.94. The molecule has 0 aliphatic rings. The Morgan fingerprint density at radius 3 is 1.84 bits per heavy atom. The van der Waals surface area contributed by atoms with Gasteiger partial charge in [-0.2, -0.15) is 0 Å². The molecule has 0 bridgehead atoms. The molecule has 31 heavy (non-hydrogen) atoms. The fourth-order valence-corrected chi connectivity index (χ4v) is 5.13. The Bertz CT molecular complexity index is 878. The predicted octanol–water partition coefficient (Wildman–Crippen LogP) is 4.55. The van der Waals surface area contributed by atoms with Crippen molar-refractivity contribution in [3.63, 3.8) is 0 Å². The average Bonchev–Trinajstić information content (AvgIpc) is 2.72. The van der Waals surface area contributed by atoms with Crippen molar-refractivity contribution >= 4 is 20.9 Å². The standard InChI is InChI=1S/C26H40O3S.K/c1-3-5-7-9-11-13-16-22-17-15-18-23-20-21-25(30(27,28)29)24(26(22)23)19-14-12-10-8-6-4-2;/h15,17-18,20-21H,3-14,16,19H2,1-2H3,(H,27,28,29);/q;+1/p-1. The van der Waals surface area contributed by atoms with Gasteiger partial charge in [0.1, 0.15) is 10.1 Å². The molecule has 0 aliphatic carbocycles. The first-order chi connectivity index (χ1) is 14.5. The first kappa shape index (κ1) is 29.3. The molecule has 2 aromatic carbocycles. The molecule has 0 atom stereocenters. The van der Waals surface area contributed by atoms with Crippen LogP contribution in [-0.4, -0.2) is 13.0 Å². The van der Waals surface area contributed by atoms with Crippen LogP contribution in [-0.2, 0) is 23.0 Å². The van der Waals surface area contributed by atoms with Crippen molar-refractivity contribution in [2.75, 3.05) is 0 Å². The molecule has 0 fully saturated rings. The van der Waals surface area contributed by atoms with E-state index in [1.807, 2.05) is 6.07 Å². The maximum absolute atomic E-state index is 12.0. The molecule has 0 aliphatic heterocycles. The van der Waals surface area contributed by atoms with Crippen LogP contribution >= 0.6 is 0 Å². The van der Waals surface area contributed by atoms with Gasteiger partial charge in [-0.3, -0.25) is 0 Å². The van der Waals surface area contributed by atoms with Gasteiger partial charge in [0.25, 0.3) is 0 Å². The maximum atomic E-state index is 12.0. The molecule has 0 aromatic heterocycles. The first-order valence-corrected chi connectivity index (χ1v) is 13.4. The Morgan fingerprint density at radius 1 is 0.710 bits per heavy atom. The van der Waals surface area contributed by atoms with Gasteiger partial charge in [0, 0.05) is 0 Å². The smallest absolute Gasteiger partial charge is 0.744 e. The van der Waals surface area contributed by atoms with Crippen molar-refractivity contribution in [2.45, 2.75) is 109 Å². The van der Waals surface area contributed by atoms with Crippen LogP contribution in [0.5, 0.6) is 0 Å². The predicted molar refractivity (Wildman–Crippen MR) is 126 cm³/mol. The van der Waals surface area contributed by atoms with Crippen molar-refractivity contribution in [3.8, 4) is 0 Å². The summed E-state index contributed by atoms with van der Waals surface area (Å²) in [5.74, 6) is 0. The van der Waals surface area contributed by atoms with Gasteiger partial charge in [-0.1, -0.05) is 102 Å². The Morgan fingerprint density at radius 2 is 1.26 bits per heavy atom. The zero-order valence-electron chi connectivity index (χ0n) is 19.9. The zero-order chi connectivity index (χ0) is 21.8. The summed E-state index contributed by atoms with van der Waals surface area (Å²) < 4.78 is 36.0. The second-order valence-corrected chi connectivity index (χ2v) is 9.90. The molecule has 168 valence electrons. The van der Waals surface area contributed by atoms with E-state index in [-0.39, 0.29) is 56.3 Å². The van der Waals surface area contributed by atoms with Gasteiger partial charge < -0.3 is 4.55 Å². The van der Waals surface area contributed by atoms with E-state index in [1.165, 1.54) is 69.4 Å². The normalized spacial score (nSPS) is 11.6. The Labute approximate surface area is 233 Å². The number of unbranched alkanes of at least 4 members (excludes halogenated alkanes) is 10. The fraction of sp³-hybridized carbons (Fsp3) is 0.615. The van der Waals surface area contributed by atoms with Crippen molar-refractivity contribution in [1.29, 1.82) is 0 Å². The van der Waals surface area contributed by atoms with Crippen LogP contribution in [0.2, 0.25) is 0 Å². The topological polar surface area (TPSA) is 57.2 Å². The van der Waals surface area contributed by atoms with E-state index >= 15 is 0 Å². The minimum Gasteiger partial charge on any atom is -0.744 e. The number of hydrogen-bond acceptors (Lipinski definition) is 3. The molecule has 5 heteroatoms. The van der Waals surface area contributed by atoms with E-state index in [0.29, 0.717) is 6.42 Å². The summed E-state index contributed by atoms with van der Waals surface area (Å²) in [6.45, 7) is 4.43.